The van der Waals surface area contributed by atoms with Gasteiger partial charge in [-0.15, -0.1) is 0 Å². The zero-order chi connectivity index (χ0) is 18.5. The van der Waals surface area contributed by atoms with Crippen LogP contribution in [-0.2, 0) is 6.54 Å². The molecule has 1 saturated heterocycles. The van der Waals surface area contributed by atoms with Crippen molar-refractivity contribution in [2.75, 3.05) is 40.4 Å². The molecule has 0 N–H and O–H groups in total. The smallest absolute Gasteiger partial charge is 0.261 e. The third kappa shape index (κ3) is 4.19. The van der Waals surface area contributed by atoms with Crippen molar-refractivity contribution in [3.05, 3.63) is 58.1 Å². The quantitative estimate of drug-likeness (QED) is 0.745. The number of piperazine rings is 1. The molecule has 2 aromatic carbocycles. The first-order chi connectivity index (χ1) is 12.6. The molecule has 1 aliphatic heterocycles. The van der Waals surface area contributed by atoms with Gasteiger partial charge in [0.2, 0.25) is 0 Å². The predicted molar refractivity (Wildman–Crippen MR) is 105 cm³/mol. The van der Waals surface area contributed by atoms with Crippen LogP contribution in [-0.4, -0.2) is 56.1 Å². The lowest BCUT2D eigenvalue weighted by Crippen LogP contribution is -2.48. The molecule has 0 radical (unpaired) electrons. The number of amides is 1. The molecule has 26 heavy (non-hydrogen) atoms. The number of benzene rings is 2. The number of rotatable bonds is 5. The number of methoxy groups -OCH3 is 2. The fourth-order valence-electron chi connectivity index (χ4n) is 3.18. The zero-order valence-corrected chi connectivity index (χ0v) is 16.7. The Labute approximate surface area is 162 Å². The Bertz CT molecular complexity index is 734. The van der Waals surface area contributed by atoms with Crippen molar-refractivity contribution in [2.24, 2.45) is 0 Å². The molecule has 1 amide bonds. The maximum absolute atomic E-state index is 13.0. The van der Waals surface area contributed by atoms with Gasteiger partial charge in [0.25, 0.3) is 5.91 Å². The van der Waals surface area contributed by atoms with Crippen LogP contribution in [0.4, 0.5) is 0 Å². The average Bonchev–Trinajstić information content (AvgIpc) is 2.69. The molecule has 0 bridgehead atoms. The maximum atomic E-state index is 13.0. The van der Waals surface area contributed by atoms with Crippen molar-refractivity contribution in [3.8, 4) is 11.5 Å². The Morgan fingerprint density at radius 1 is 0.962 bits per heavy atom. The molecule has 1 fully saturated rings. The number of ether oxygens (including phenoxy) is 2. The molecule has 0 saturated carbocycles. The van der Waals surface area contributed by atoms with Crippen LogP contribution in [0.2, 0.25) is 0 Å². The fourth-order valence-corrected chi connectivity index (χ4v) is 3.44. The molecule has 1 heterocycles. The largest absolute Gasteiger partial charge is 0.496 e. The van der Waals surface area contributed by atoms with Crippen LogP contribution >= 0.6 is 15.9 Å². The van der Waals surface area contributed by atoms with Crippen LogP contribution in [0.5, 0.6) is 11.5 Å². The Morgan fingerprint density at radius 3 is 2.08 bits per heavy atom. The topological polar surface area (TPSA) is 42.0 Å². The van der Waals surface area contributed by atoms with E-state index in [2.05, 4.69) is 45.1 Å². The lowest BCUT2D eigenvalue weighted by molar-refractivity contribution is 0.0622. The second-order valence-corrected chi connectivity index (χ2v) is 7.15. The van der Waals surface area contributed by atoms with Crippen LogP contribution < -0.4 is 9.47 Å². The molecule has 1 aliphatic rings. The van der Waals surface area contributed by atoms with Crippen molar-refractivity contribution in [3.63, 3.8) is 0 Å². The number of halogens is 1. The second-order valence-electron chi connectivity index (χ2n) is 6.23. The summed E-state index contributed by atoms with van der Waals surface area (Å²) in [6.45, 7) is 3.97. The van der Waals surface area contributed by atoms with E-state index >= 15 is 0 Å². The van der Waals surface area contributed by atoms with Gasteiger partial charge in [0.05, 0.1) is 14.2 Å². The van der Waals surface area contributed by atoms with E-state index in [1.54, 1.807) is 26.4 Å². The molecule has 138 valence electrons. The number of nitrogens with zero attached hydrogens (tertiary/aromatic N) is 2. The monoisotopic (exact) mass is 418 g/mol. The predicted octanol–water partition coefficient (Wildman–Crippen LogP) is 3.42. The third-order valence-corrected chi connectivity index (χ3v) is 5.15. The van der Waals surface area contributed by atoms with Gasteiger partial charge in [0, 0.05) is 37.2 Å². The fraction of sp³-hybridized carbons (Fsp3) is 0.350. The number of hydrogen-bond donors (Lipinski definition) is 0. The molecule has 0 aromatic heterocycles. The van der Waals surface area contributed by atoms with Gasteiger partial charge < -0.3 is 14.4 Å². The maximum Gasteiger partial charge on any atom is 0.261 e. The molecule has 0 atom stereocenters. The van der Waals surface area contributed by atoms with Crippen molar-refractivity contribution in [1.29, 1.82) is 0 Å². The van der Waals surface area contributed by atoms with Crippen molar-refractivity contribution >= 4 is 21.8 Å². The molecule has 0 unspecified atom stereocenters. The first-order valence-electron chi connectivity index (χ1n) is 8.59. The summed E-state index contributed by atoms with van der Waals surface area (Å²) in [4.78, 5) is 17.2. The summed E-state index contributed by atoms with van der Waals surface area (Å²) in [6, 6.07) is 13.8. The van der Waals surface area contributed by atoms with E-state index in [9.17, 15) is 4.79 Å². The normalized spacial score (nSPS) is 15.0. The average molecular weight is 419 g/mol. The van der Waals surface area contributed by atoms with E-state index in [-0.39, 0.29) is 5.91 Å². The molecule has 3 rings (SSSR count). The van der Waals surface area contributed by atoms with Crippen molar-refractivity contribution < 1.29 is 14.3 Å². The highest BCUT2D eigenvalue weighted by Crippen LogP contribution is 2.30. The lowest BCUT2D eigenvalue weighted by atomic mass is 10.1. The summed E-state index contributed by atoms with van der Waals surface area (Å²) in [5.74, 6) is 1.06. The van der Waals surface area contributed by atoms with Crippen LogP contribution in [0, 0.1) is 0 Å². The summed E-state index contributed by atoms with van der Waals surface area (Å²) in [5.41, 5.74) is 1.78. The first-order valence-corrected chi connectivity index (χ1v) is 9.38. The van der Waals surface area contributed by atoms with E-state index in [1.165, 1.54) is 5.56 Å². The van der Waals surface area contributed by atoms with E-state index in [1.807, 2.05) is 11.0 Å². The van der Waals surface area contributed by atoms with E-state index in [0.29, 0.717) is 30.2 Å². The van der Waals surface area contributed by atoms with E-state index in [0.717, 1.165) is 24.1 Å². The van der Waals surface area contributed by atoms with Gasteiger partial charge in [0.1, 0.15) is 17.1 Å². The number of carbonyl (C=O) groups excluding carboxylic acids is 1. The van der Waals surface area contributed by atoms with Gasteiger partial charge >= 0.3 is 0 Å². The van der Waals surface area contributed by atoms with E-state index in [4.69, 9.17) is 9.47 Å². The highest BCUT2D eigenvalue weighted by atomic mass is 79.9. The minimum Gasteiger partial charge on any atom is -0.496 e. The Hall–Kier alpha value is -2.05. The Balaban J connectivity index is 1.65. The highest BCUT2D eigenvalue weighted by molar-refractivity contribution is 9.10. The van der Waals surface area contributed by atoms with Crippen LogP contribution in [0.3, 0.4) is 0 Å². The van der Waals surface area contributed by atoms with Crippen LogP contribution in [0.1, 0.15) is 15.9 Å². The van der Waals surface area contributed by atoms with Gasteiger partial charge in [-0.05, 0) is 29.8 Å². The lowest BCUT2D eigenvalue weighted by Gasteiger charge is -2.35. The molecule has 0 aliphatic carbocycles. The molecule has 6 heteroatoms. The minimum atomic E-state index is -0.0393. The summed E-state index contributed by atoms with van der Waals surface area (Å²) < 4.78 is 11.8. The summed E-state index contributed by atoms with van der Waals surface area (Å²) in [7, 11) is 3.14. The third-order valence-electron chi connectivity index (χ3n) is 4.62. The van der Waals surface area contributed by atoms with Gasteiger partial charge in [-0.3, -0.25) is 9.69 Å². The molecule has 0 spiro atoms. The van der Waals surface area contributed by atoms with Crippen molar-refractivity contribution in [1.82, 2.24) is 9.80 Å². The molecular weight excluding hydrogens is 396 g/mol. The first kappa shape index (κ1) is 18.7. The van der Waals surface area contributed by atoms with Gasteiger partial charge in [0.15, 0.2) is 0 Å². The van der Waals surface area contributed by atoms with Gasteiger partial charge in [-0.2, -0.15) is 0 Å². The molecule has 5 nitrogen and oxygen atoms in total. The van der Waals surface area contributed by atoms with Gasteiger partial charge in [-0.1, -0.05) is 34.1 Å². The molecule has 2 aromatic rings. The van der Waals surface area contributed by atoms with E-state index < -0.39 is 0 Å². The van der Waals surface area contributed by atoms with Crippen LogP contribution in [0.25, 0.3) is 0 Å². The molecular formula is C20H23BrN2O3. The van der Waals surface area contributed by atoms with Gasteiger partial charge in [-0.25, -0.2) is 0 Å². The SMILES string of the molecule is COc1cccc(OC)c1C(=O)N1CCN(Cc2ccc(Br)cc2)CC1. The number of carbonyl (C=O) groups is 1. The number of hydrogen-bond acceptors (Lipinski definition) is 4. The Morgan fingerprint density at radius 2 is 1.54 bits per heavy atom. The summed E-state index contributed by atoms with van der Waals surface area (Å²) >= 11 is 3.46. The zero-order valence-electron chi connectivity index (χ0n) is 15.1. The summed E-state index contributed by atoms with van der Waals surface area (Å²) in [6.07, 6.45) is 0. The van der Waals surface area contributed by atoms with Crippen LogP contribution in [0.15, 0.2) is 46.9 Å². The van der Waals surface area contributed by atoms with Crippen molar-refractivity contribution in [2.45, 2.75) is 6.54 Å². The summed E-state index contributed by atoms with van der Waals surface area (Å²) in [5, 5.41) is 0. The minimum absolute atomic E-state index is 0.0393. The Kier molecular flexibility index (Phi) is 6.16. The second kappa shape index (κ2) is 8.56. The standard InChI is InChI=1S/C20H23BrN2O3/c1-25-17-4-3-5-18(26-2)19(17)20(24)23-12-10-22(11-13-23)14-15-6-8-16(21)9-7-15/h3-9H,10-14H2,1-2H3. The highest BCUT2D eigenvalue weighted by Gasteiger charge is 2.27.